The smallest absolute Gasteiger partial charge is 0.126 e. The van der Waals surface area contributed by atoms with Crippen molar-refractivity contribution in [2.45, 2.75) is 32.4 Å². The van der Waals surface area contributed by atoms with Gasteiger partial charge in [-0.15, -0.1) is 0 Å². The second-order valence-electron chi connectivity index (χ2n) is 4.25. The maximum absolute atomic E-state index is 9.67. The van der Waals surface area contributed by atoms with Crippen LogP contribution in [0, 0.1) is 5.92 Å². The van der Waals surface area contributed by atoms with Crippen molar-refractivity contribution in [3.8, 4) is 0 Å². The van der Waals surface area contributed by atoms with E-state index in [2.05, 4.69) is 12.2 Å². The Bertz CT molecular complexity index is 233. The molecule has 2 unspecified atom stereocenters. The molecule has 13 heavy (non-hydrogen) atoms. The predicted molar refractivity (Wildman–Crippen MR) is 51.8 cm³/mol. The number of allylic oxidation sites excluding steroid dienone is 2. The normalized spacial score (nSPS) is 34.2. The topological polar surface area (TPSA) is 35.5 Å². The fraction of sp³-hybridized carbons (Fsp3) is 0.800. The lowest BCUT2D eigenvalue weighted by Gasteiger charge is -2.39. The molecule has 3 nitrogen and oxygen atoms in total. The molecule has 0 amide bonds. The fourth-order valence-corrected chi connectivity index (χ4v) is 2.16. The van der Waals surface area contributed by atoms with E-state index in [-0.39, 0.29) is 6.23 Å². The first-order valence-electron chi connectivity index (χ1n) is 5.05. The minimum Gasteiger partial charge on any atom is -0.387 e. The van der Waals surface area contributed by atoms with Gasteiger partial charge in [0, 0.05) is 25.0 Å². The molecule has 0 aromatic rings. The standard InChI is InChI=1S/C10H18N2O/c1-7-5-9-8(11-6-7)3-4-10(13)12(9)2/h7,10-11,13H,3-6H2,1-2H3. The average Bonchev–Trinajstić information content (AvgIpc) is 2.12. The summed E-state index contributed by atoms with van der Waals surface area (Å²) in [5.74, 6) is 0.687. The summed E-state index contributed by atoms with van der Waals surface area (Å²) < 4.78 is 0. The molecule has 0 aliphatic carbocycles. The van der Waals surface area contributed by atoms with E-state index in [1.54, 1.807) is 0 Å². The molecule has 2 rings (SSSR count). The van der Waals surface area contributed by atoms with Crippen LogP contribution in [0.5, 0.6) is 0 Å². The first-order valence-corrected chi connectivity index (χ1v) is 5.05. The van der Waals surface area contributed by atoms with Gasteiger partial charge in [-0.3, -0.25) is 0 Å². The van der Waals surface area contributed by atoms with Crippen molar-refractivity contribution in [2.75, 3.05) is 13.6 Å². The van der Waals surface area contributed by atoms with Crippen molar-refractivity contribution >= 4 is 0 Å². The molecule has 0 spiro atoms. The molecule has 2 N–H and O–H groups in total. The Labute approximate surface area is 79.4 Å². The maximum atomic E-state index is 9.67. The summed E-state index contributed by atoms with van der Waals surface area (Å²) in [5.41, 5.74) is 2.67. The molecule has 0 aromatic heterocycles. The fourth-order valence-electron chi connectivity index (χ4n) is 2.16. The molecule has 0 fully saturated rings. The molecule has 74 valence electrons. The monoisotopic (exact) mass is 182 g/mol. The maximum Gasteiger partial charge on any atom is 0.126 e. The molecule has 2 aliphatic heterocycles. The average molecular weight is 182 g/mol. The van der Waals surface area contributed by atoms with Gasteiger partial charge in [0.1, 0.15) is 6.23 Å². The highest BCUT2D eigenvalue weighted by Gasteiger charge is 2.27. The summed E-state index contributed by atoms with van der Waals surface area (Å²) in [5, 5.41) is 13.1. The van der Waals surface area contributed by atoms with Gasteiger partial charge in [0.2, 0.25) is 0 Å². The van der Waals surface area contributed by atoms with Gasteiger partial charge in [-0.25, -0.2) is 0 Å². The van der Waals surface area contributed by atoms with Crippen LogP contribution in [0.1, 0.15) is 26.2 Å². The number of aliphatic hydroxyl groups is 1. The summed E-state index contributed by atoms with van der Waals surface area (Å²) in [6.07, 6.45) is 2.70. The third-order valence-corrected chi connectivity index (χ3v) is 3.08. The van der Waals surface area contributed by atoms with Crippen LogP contribution in [0.2, 0.25) is 0 Å². The first kappa shape index (κ1) is 8.88. The lowest BCUT2D eigenvalue weighted by molar-refractivity contribution is 0.0217. The van der Waals surface area contributed by atoms with Gasteiger partial charge in [0.25, 0.3) is 0 Å². The molecular formula is C10H18N2O. The summed E-state index contributed by atoms with van der Waals surface area (Å²) in [7, 11) is 1.98. The van der Waals surface area contributed by atoms with Crippen LogP contribution in [0.25, 0.3) is 0 Å². The van der Waals surface area contributed by atoms with Crippen LogP contribution in [-0.4, -0.2) is 29.8 Å². The van der Waals surface area contributed by atoms with Crippen LogP contribution in [0.15, 0.2) is 11.4 Å². The van der Waals surface area contributed by atoms with Gasteiger partial charge < -0.3 is 15.3 Å². The molecule has 0 bridgehead atoms. The van der Waals surface area contributed by atoms with Crippen LogP contribution >= 0.6 is 0 Å². The van der Waals surface area contributed by atoms with E-state index in [9.17, 15) is 5.11 Å². The van der Waals surface area contributed by atoms with E-state index in [1.165, 1.54) is 11.4 Å². The molecular weight excluding hydrogens is 164 g/mol. The number of nitrogens with zero attached hydrogens (tertiary/aromatic N) is 1. The molecule has 3 heteroatoms. The van der Waals surface area contributed by atoms with E-state index >= 15 is 0 Å². The highest BCUT2D eigenvalue weighted by Crippen LogP contribution is 2.30. The zero-order chi connectivity index (χ0) is 9.42. The number of hydrogen-bond donors (Lipinski definition) is 2. The zero-order valence-corrected chi connectivity index (χ0v) is 8.38. The van der Waals surface area contributed by atoms with Gasteiger partial charge in [0.15, 0.2) is 0 Å². The van der Waals surface area contributed by atoms with Crippen molar-refractivity contribution in [3.63, 3.8) is 0 Å². The number of aliphatic hydroxyl groups excluding tert-OH is 1. The second-order valence-corrected chi connectivity index (χ2v) is 4.25. The Balaban J connectivity index is 2.21. The molecule has 0 saturated carbocycles. The van der Waals surface area contributed by atoms with Crippen molar-refractivity contribution < 1.29 is 5.11 Å². The van der Waals surface area contributed by atoms with E-state index in [1.807, 2.05) is 11.9 Å². The number of hydrogen-bond acceptors (Lipinski definition) is 3. The summed E-state index contributed by atoms with van der Waals surface area (Å²) in [6.45, 7) is 3.33. The Morgan fingerprint density at radius 1 is 1.54 bits per heavy atom. The first-order chi connectivity index (χ1) is 6.18. The van der Waals surface area contributed by atoms with Crippen LogP contribution < -0.4 is 5.32 Å². The highest BCUT2D eigenvalue weighted by atomic mass is 16.3. The van der Waals surface area contributed by atoms with Crippen molar-refractivity contribution in [2.24, 2.45) is 5.92 Å². The lowest BCUT2D eigenvalue weighted by Crippen LogP contribution is -2.42. The summed E-state index contributed by atoms with van der Waals surface area (Å²) in [4.78, 5) is 2.02. The molecule has 2 aliphatic rings. The zero-order valence-electron chi connectivity index (χ0n) is 8.38. The second kappa shape index (κ2) is 3.22. The predicted octanol–water partition coefficient (Wildman–Crippen LogP) is 0.871. The summed E-state index contributed by atoms with van der Waals surface area (Å²) >= 11 is 0. The van der Waals surface area contributed by atoms with Gasteiger partial charge in [-0.2, -0.15) is 0 Å². The number of rotatable bonds is 0. The van der Waals surface area contributed by atoms with Gasteiger partial charge >= 0.3 is 0 Å². The van der Waals surface area contributed by atoms with Crippen molar-refractivity contribution in [1.29, 1.82) is 0 Å². The minimum atomic E-state index is -0.272. The van der Waals surface area contributed by atoms with E-state index < -0.39 is 0 Å². The highest BCUT2D eigenvalue weighted by molar-refractivity contribution is 5.18. The van der Waals surface area contributed by atoms with E-state index in [0.717, 1.165) is 25.8 Å². The quantitative estimate of drug-likeness (QED) is 0.583. The molecule has 2 heterocycles. The molecule has 0 saturated heterocycles. The SMILES string of the molecule is CC1CNC2=C(C1)N(C)C(O)CC2. The van der Waals surface area contributed by atoms with Crippen molar-refractivity contribution in [3.05, 3.63) is 11.4 Å². The Kier molecular flexibility index (Phi) is 2.20. The Morgan fingerprint density at radius 3 is 3.08 bits per heavy atom. The summed E-state index contributed by atoms with van der Waals surface area (Å²) in [6, 6.07) is 0. The largest absolute Gasteiger partial charge is 0.387 e. The lowest BCUT2D eigenvalue weighted by atomic mass is 9.94. The van der Waals surface area contributed by atoms with E-state index in [0.29, 0.717) is 5.92 Å². The van der Waals surface area contributed by atoms with Crippen LogP contribution in [-0.2, 0) is 0 Å². The number of nitrogens with one attached hydrogen (secondary N) is 1. The van der Waals surface area contributed by atoms with Crippen LogP contribution in [0.4, 0.5) is 0 Å². The molecule has 0 aromatic carbocycles. The Hall–Kier alpha value is -0.700. The van der Waals surface area contributed by atoms with Crippen molar-refractivity contribution in [1.82, 2.24) is 10.2 Å². The molecule has 2 atom stereocenters. The van der Waals surface area contributed by atoms with Crippen LogP contribution in [0.3, 0.4) is 0 Å². The van der Waals surface area contributed by atoms with Gasteiger partial charge in [-0.1, -0.05) is 6.92 Å². The third kappa shape index (κ3) is 1.53. The van der Waals surface area contributed by atoms with Gasteiger partial charge in [0.05, 0.1) is 0 Å². The Morgan fingerprint density at radius 2 is 2.31 bits per heavy atom. The molecule has 0 radical (unpaired) electrons. The van der Waals surface area contributed by atoms with Gasteiger partial charge in [-0.05, 0) is 25.2 Å². The third-order valence-electron chi connectivity index (χ3n) is 3.08. The van der Waals surface area contributed by atoms with E-state index in [4.69, 9.17) is 0 Å². The minimum absolute atomic E-state index is 0.272.